The van der Waals surface area contributed by atoms with Gasteiger partial charge in [-0.1, -0.05) is 29.8 Å². The van der Waals surface area contributed by atoms with E-state index < -0.39 is 9.84 Å². The normalized spacial score (nSPS) is 15.8. The van der Waals surface area contributed by atoms with Crippen molar-refractivity contribution in [1.29, 1.82) is 0 Å². The first-order valence-corrected chi connectivity index (χ1v) is 8.17. The van der Waals surface area contributed by atoms with E-state index in [-0.39, 0.29) is 10.6 Å². The maximum absolute atomic E-state index is 12.4. The van der Waals surface area contributed by atoms with Crippen LogP contribution in [0.25, 0.3) is 0 Å². The monoisotopic (exact) mass is 332 g/mol. The molecule has 0 atom stereocenters. The number of likely N-dealkylation sites (N-methyl/N-ethyl adjacent to an activating group) is 1. The van der Waals surface area contributed by atoms with Gasteiger partial charge in [-0.15, -0.1) is 0 Å². The summed E-state index contributed by atoms with van der Waals surface area (Å²) in [5.41, 5.74) is 1.38. The lowest BCUT2D eigenvalue weighted by Gasteiger charge is -2.26. The van der Waals surface area contributed by atoms with Crippen LogP contribution in [0.15, 0.2) is 47.1 Å². The van der Waals surface area contributed by atoms with Gasteiger partial charge in [-0.25, -0.2) is 8.42 Å². The Balaban J connectivity index is 2.33. The summed E-state index contributed by atoms with van der Waals surface area (Å²) in [5.74, 6) is -0.135. The van der Waals surface area contributed by atoms with Crippen molar-refractivity contribution < 1.29 is 8.42 Å². The summed E-state index contributed by atoms with van der Waals surface area (Å²) in [6, 6.07) is 4.30. The van der Waals surface area contributed by atoms with E-state index in [0.717, 1.165) is 5.70 Å². The minimum Gasteiger partial charge on any atom is -0.292 e. The van der Waals surface area contributed by atoms with E-state index >= 15 is 0 Å². The summed E-state index contributed by atoms with van der Waals surface area (Å²) in [7, 11) is 0.0813. The fraction of sp³-hybridized carbons (Fsp3) is 0.231. The van der Waals surface area contributed by atoms with Crippen LogP contribution in [-0.2, 0) is 9.84 Å². The van der Waals surface area contributed by atoms with Crippen molar-refractivity contribution in [1.82, 2.24) is 10.0 Å². The van der Waals surface area contributed by atoms with Crippen molar-refractivity contribution >= 4 is 33.0 Å². The lowest BCUT2D eigenvalue weighted by atomic mass is 10.4. The first-order chi connectivity index (χ1) is 9.20. The third-order valence-corrected chi connectivity index (χ3v) is 5.21. The van der Waals surface area contributed by atoms with Crippen LogP contribution in [0.1, 0.15) is 0 Å². The number of hydrazine groups is 1. The molecule has 0 saturated heterocycles. The molecule has 1 aromatic rings. The summed E-state index contributed by atoms with van der Waals surface area (Å²) in [6.07, 6.45) is 1.74. The Hall–Kier alpha value is -1.17. The molecule has 1 aromatic carbocycles. The van der Waals surface area contributed by atoms with E-state index in [1.807, 2.05) is 7.05 Å². The summed E-state index contributed by atoms with van der Waals surface area (Å²) >= 11 is 11.7. The Morgan fingerprint density at radius 1 is 1.10 bits per heavy atom. The number of rotatable bonds is 3. The Bertz CT molecular complexity index is 678. The van der Waals surface area contributed by atoms with Crippen molar-refractivity contribution in [3.63, 3.8) is 0 Å². The topological polar surface area (TPSA) is 40.6 Å². The number of halogens is 2. The lowest BCUT2D eigenvalue weighted by molar-refractivity contribution is 0.134. The van der Waals surface area contributed by atoms with Crippen molar-refractivity contribution in [2.75, 3.05) is 19.8 Å². The minimum absolute atomic E-state index is 0.115. The van der Waals surface area contributed by atoms with Crippen molar-refractivity contribution in [2.24, 2.45) is 0 Å². The molecule has 0 unspecified atom stereocenters. The molecule has 7 heteroatoms. The Kier molecular flexibility index (Phi) is 4.04. The highest BCUT2D eigenvalue weighted by atomic mass is 35.5. The zero-order valence-corrected chi connectivity index (χ0v) is 13.4. The summed E-state index contributed by atoms with van der Waals surface area (Å²) in [4.78, 5) is 0.115. The highest BCUT2D eigenvalue weighted by molar-refractivity contribution is 7.91. The van der Waals surface area contributed by atoms with Crippen LogP contribution in [0, 0.1) is 0 Å². The minimum atomic E-state index is -3.52. The number of hydrogen-bond acceptors (Lipinski definition) is 4. The van der Waals surface area contributed by atoms with Crippen LogP contribution in [0.4, 0.5) is 0 Å². The second-order valence-electron chi connectivity index (χ2n) is 4.54. The molecule has 108 valence electrons. The Morgan fingerprint density at radius 2 is 1.65 bits per heavy atom. The van der Waals surface area contributed by atoms with Crippen LogP contribution >= 0.6 is 23.2 Å². The third-order valence-electron chi connectivity index (χ3n) is 3.15. The maximum atomic E-state index is 12.4. The van der Waals surface area contributed by atoms with Gasteiger partial charge < -0.3 is 0 Å². The second-order valence-corrected chi connectivity index (χ2v) is 7.40. The van der Waals surface area contributed by atoms with Gasteiger partial charge in [0.1, 0.15) is 0 Å². The highest BCUT2D eigenvalue weighted by Crippen LogP contribution is 2.27. The molecule has 0 aromatic heterocycles. The van der Waals surface area contributed by atoms with E-state index in [1.165, 1.54) is 18.2 Å². The molecule has 0 aliphatic carbocycles. The van der Waals surface area contributed by atoms with Gasteiger partial charge in [0, 0.05) is 24.1 Å². The van der Waals surface area contributed by atoms with E-state index in [0.29, 0.717) is 15.7 Å². The van der Waals surface area contributed by atoms with E-state index in [2.05, 4.69) is 6.58 Å². The molecule has 1 aliphatic rings. The van der Waals surface area contributed by atoms with Crippen LogP contribution < -0.4 is 0 Å². The molecule has 0 amide bonds. The lowest BCUT2D eigenvalue weighted by Crippen LogP contribution is -2.31. The molecular formula is C13H14Cl2N2O2S. The van der Waals surface area contributed by atoms with Gasteiger partial charge in [0.2, 0.25) is 0 Å². The second kappa shape index (κ2) is 5.31. The van der Waals surface area contributed by atoms with Crippen molar-refractivity contribution in [3.05, 3.63) is 52.3 Å². The highest BCUT2D eigenvalue weighted by Gasteiger charge is 2.25. The SMILES string of the molecule is C=C1C=C(CS(=O)(=O)c2cc(Cl)cc(Cl)c2)N(C)N1C. The molecule has 4 nitrogen and oxygen atoms in total. The third kappa shape index (κ3) is 2.95. The zero-order chi connectivity index (χ0) is 15.1. The summed E-state index contributed by atoms with van der Waals surface area (Å²) < 4.78 is 24.8. The van der Waals surface area contributed by atoms with Gasteiger partial charge in [0.15, 0.2) is 9.84 Å². The number of nitrogens with zero attached hydrogens (tertiary/aromatic N) is 2. The van der Waals surface area contributed by atoms with Gasteiger partial charge in [0.25, 0.3) is 0 Å². The fourth-order valence-corrected chi connectivity index (χ4v) is 3.98. The average Bonchev–Trinajstić information content (AvgIpc) is 2.55. The molecule has 0 saturated carbocycles. The number of hydrogen-bond donors (Lipinski definition) is 0. The molecule has 20 heavy (non-hydrogen) atoms. The quantitative estimate of drug-likeness (QED) is 0.853. The molecule has 0 spiro atoms. The van der Waals surface area contributed by atoms with E-state index in [1.54, 1.807) is 23.1 Å². The van der Waals surface area contributed by atoms with E-state index in [9.17, 15) is 8.42 Å². The molecule has 0 fully saturated rings. The predicted molar refractivity (Wildman–Crippen MR) is 81.3 cm³/mol. The molecule has 2 rings (SSSR count). The molecular weight excluding hydrogens is 319 g/mol. The van der Waals surface area contributed by atoms with Crippen LogP contribution in [0.2, 0.25) is 10.0 Å². The zero-order valence-electron chi connectivity index (χ0n) is 11.1. The van der Waals surface area contributed by atoms with Gasteiger partial charge >= 0.3 is 0 Å². The van der Waals surface area contributed by atoms with Crippen molar-refractivity contribution in [3.8, 4) is 0 Å². The molecule has 0 N–H and O–H groups in total. The van der Waals surface area contributed by atoms with Gasteiger partial charge in [-0.3, -0.25) is 10.0 Å². The van der Waals surface area contributed by atoms with Crippen LogP contribution in [0.5, 0.6) is 0 Å². The van der Waals surface area contributed by atoms with Gasteiger partial charge in [0.05, 0.1) is 22.0 Å². The molecule has 0 bridgehead atoms. The predicted octanol–water partition coefficient (Wildman–Crippen LogP) is 2.96. The molecule has 1 heterocycles. The Labute approximate surface area is 128 Å². The molecule has 0 radical (unpaired) electrons. The molecule has 1 aliphatic heterocycles. The number of allylic oxidation sites excluding steroid dienone is 1. The number of sulfone groups is 1. The van der Waals surface area contributed by atoms with Crippen LogP contribution in [-0.4, -0.2) is 38.3 Å². The van der Waals surface area contributed by atoms with Crippen LogP contribution in [0.3, 0.4) is 0 Å². The largest absolute Gasteiger partial charge is 0.292 e. The first kappa shape index (κ1) is 15.2. The maximum Gasteiger partial charge on any atom is 0.184 e. The average molecular weight is 333 g/mol. The standard InChI is InChI=1S/C13H14Cl2N2O2S/c1-9-4-12(17(3)16(9)2)8-20(18,19)13-6-10(14)5-11(15)7-13/h4-7H,1,8H2,2-3H3. The Morgan fingerprint density at radius 3 is 2.10 bits per heavy atom. The van der Waals surface area contributed by atoms with Gasteiger partial charge in [-0.2, -0.15) is 0 Å². The fourth-order valence-electron chi connectivity index (χ4n) is 1.89. The number of benzene rings is 1. The van der Waals surface area contributed by atoms with Crippen molar-refractivity contribution in [2.45, 2.75) is 4.90 Å². The first-order valence-electron chi connectivity index (χ1n) is 5.76. The summed E-state index contributed by atoms with van der Waals surface area (Å²) in [6.45, 7) is 3.84. The van der Waals surface area contributed by atoms with E-state index in [4.69, 9.17) is 23.2 Å². The van der Waals surface area contributed by atoms with Gasteiger partial charge in [-0.05, 0) is 24.3 Å². The smallest absolute Gasteiger partial charge is 0.184 e. The summed E-state index contributed by atoms with van der Waals surface area (Å²) in [5, 5.41) is 4.11.